The highest BCUT2D eigenvalue weighted by molar-refractivity contribution is 5.98. The van der Waals surface area contributed by atoms with E-state index in [1.54, 1.807) is 0 Å². The molecule has 2 unspecified atom stereocenters. The minimum Gasteiger partial charge on any atom is -0.208 e. The molecule has 3 fully saturated rings. The van der Waals surface area contributed by atoms with Crippen molar-refractivity contribution in [3.8, 4) is 68.3 Å². The second-order valence-electron chi connectivity index (χ2n) is 16.0. The normalized spacial score (nSPS) is 20.3. The van der Waals surface area contributed by atoms with Crippen LogP contribution in [-0.4, -0.2) is 29.9 Å². The molecule has 7 aromatic carbocycles. The zero-order chi connectivity index (χ0) is 37.5. The third kappa shape index (κ3) is 5.17. The van der Waals surface area contributed by atoms with E-state index in [1.165, 1.54) is 24.8 Å². The van der Waals surface area contributed by atoms with Crippen molar-refractivity contribution in [1.29, 1.82) is 0 Å². The molecule has 2 heterocycles. The second-order valence-corrected chi connectivity index (χ2v) is 16.0. The fourth-order valence-corrected chi connectivity index (χ4v) is 10.3. The summed E-state index contributed by atoms with van der Waals surface area (Å²) in [6.45, 7) is 0. The number of hydrogen-bond donors (Lipinski definition) is 0. The lowest BCUT2D eigenvalue weighted by Gasteiger charge is -2.76. The predicted octanol–water partition coefficient (Wildman–Crippen LogP) is 11.7. The number of benzene rings is 7. The molecule has 6 heteroatoms. The van der Waals surface area contributed by atoms with Crippen LogP contribution in [0.5, 0.6) is 0 Å². The molecule has 0 amide bonds. The Kier molecular flexibility index (Phi) is 7.12. The molecular weight excluding hydrogens is 697 g/mol. The van der Waals surface area contributed by atoms with Gasteiger partial charge in [0, 0.05) is 33.4 Å². The summed E-state index contributed by atoms with van der Waals surface area (Å²) in [5, 5.41) is 4.33. The number of aromatic nitrogens is 6. The molecule has 2 atom stereocenters. The van der Waals surface area contributed by atoms with Gasteiger partial charge in [-0.05, 0) is 81.7 Å². The van der Waals surface area contributed by atoms with Gasteiger partial charge in [-0.25, -0.2) is 29.9 Å². The van der Waals surface area contributed by atoms with Gasteiger partial charge in [-0.2, -0.15) is 0 Å². The molecule has 0 bridgehead atoms. The average Bonchev–Trinajstić information content (AvgIpc) is 3.28. The molecule has 0 radical (unpaired) electrons. The van der Waals surface area contributed by atoms with Gasteiger partial charge in [0.2, 0.25) is 0 Å². The third-order valence-corrected chi connectivity index (χ3v) is 13.0. The topological polar surface area (TPSA) is 77.3 Å². The van der Waals surface area contributed by atoms with Crippen LogP contribution in [0.3, 0.4) is 0 Å². The van der Waals surface area contributed by atoms with E-state index in [9.17, 15) is 0 Å². The lowest BCUT2D eigenvalue weighted by Crippen LogP contribution is -2.71. The summed E-state index contributed by atoms with van der Waals surface area (Å²) in [5.74, 6) is 6.67. The maximum absolute atomic E-state index is 5.22. The van der Waals surface area contributed by atoms with Crippen LogP contribution in [0.25, 0.3) is 89.9 Å². The predicted molar refractivity (Wildman–Crippen MR) is 227 cm³/mol. The third-order valence-electron chi connectivity index (χ3n) is 13.0. The minimum atomic E-state index is 0.366. The Labute approximate surface area is 330 Å². The summed E-state index contributed by atoms with van der Waals surface area (Å²) in [6, 6.07) is 56.8. The van der Waals surface area contributed by atoms with Crippen molar-refractivity contribution in [2.24, 2.45) is 17.8 Å². The first kappa shape index (κ1) is 32.3. The zero-order valence-electron chi connectivity index (χ0n) is 31.1. The van der Waals surface area contributed by atoms with Crippen LogP contribution in [0, 0.1) is 17.8 Å². The molecule has 0 N–H and O–H groups in total. The number of rotatable bonds is 7. The molecule has 2 aromatic heterocycles. The van der Waals surface area contributed by atoms with Gasteiger partial charge >= 0.3 is 0 Å². The van der Waals surface area contributed by atoms with E-state index >= 15 is 0 Å². The Hall–Kier alpha value is -6.92. The molecule has 0 aliphatic heterocycles. The van der Waals surface area contributed by atoms with Crippen molar-refractivity contribution in [2.75, 3.05) is 0 Å². The van der Waals surface area contributed by atoms with Crippen LogP contribution < -0.4 is 0 Å². The van der Waals surface area contributed by atoms with E-state index in [4.69, 9.17) is 29.9 Å². The molecular formula is C51H36N6. The van der Waals surface area contributed by atoms with Crippen molar-refractivity contribution < 1.29 is 0 Å². The van der Waals surface area contributed by atoms with Gasteiger partial charge in [-0.15, -0.1) is 0 Å². The maximum Gasteiger partial charge on any atom is 0.164 e. The first-order valence-electron chi connectivity index (χ1n) is 19.9. The maximum atomic E-state index is 5.22. The van der Waals surface area contributed by atoms with Gasteiger partial charge < -0.3 is 0 Å². The Balaban J connectivity index is 0.979. The van der Waals surface area contributed by atoms with Crippen molar-refractivity contribution in [1.82, 2.24) is 29.9 Å². The zero-order valence-corrected chi connectivity index (χ0v) is 31.1. The summed E-state index contributed by atoms with van der Waals surface area (Å²) >= 11 is 0. The van der Waals surface area contributed by atoms with Gasteiger partial charge in [0.15, 0.2) is 34.9 Å². The monoisotopic (exact) mass is 732 g/mol. The van der Waals surface area contributed by atoms with Gasteiger partial charge in [-0.3, -0.25) is 0 Å². The first-order valence-corrected chi connectivity index (χ1v) is 19.9. The van der Waals surface area contributed by atoms with Crippen LogP contribution in [-0.2, 0) is 5.41 Å². The molecule has 0 saturated heterocycles. The molecule has 3 aliphatic carbocycles. The van der Waals surface area contributed by atoms with Gasteiger partial charge in [0.05, 0.1) is 0 Å². The summed E-state index contributed by atoms with van der Waals surface area (Å²) in [7, 11) is 0. The highest BCUT2D eigenvalue weighted by Gasteiger charge is 2.71. The fourth-order valence-electron chi connectivity index (χ4n) is 10.3. The van der Waals surface area contributed by atoms with Crippen molar-refractivity contribution in [3.05, 3.63) is 169 Å². The molecule has 270 valence electrons. The smallest absolute Gasteiger partial charge is 0.164 e. The minimum absolute atomic E-state index is 0.366. The molecule has 3 saturated carbocycles. The average molecular weight is 733 g/mol. The van der Waals surface area contributed by atoms with Crippen molar-refractivity contribution >= 4 is 21.5 Å². The van der Waals surface area contributed by atoms with Crippen molar-refractivity contribution in [2.45, 2.75) is 24.7 Å². The lowest BCUT2D eigenvalue weighted by atomic mass is 9.28. The number of hydrogen-bond acceptors (Lipinski definition) is 6. The van der Waals surface area contributed by atoms with Gasteiger partial charge in [0.1, 0.15) is 0 Å². The van der Waals surface area contributed by atoms with Crippen LogP contribution in [0.15, 0.2) is 164 Å². The fraction of sp³-hybridized carbons (Fsp3) is 0.137. The Morgan fingerprint density at radius 3 is 1.46 bits per heavy atom. The molecule has 9 aromatic rings. The van der Waals surface area contributed by atoms with E-state index in [1.807, 2.05) is 48.5 Å². The van der Waals surface area contributed by atoms with Crippen LogP contribution >= 0.6 is 0 Å². The summed E-state index contributed by atoms with van der Waals surface area (Å²) < 4.78 is 0. The Bertz CT molecular complexity index is 3020. The standard InChI is InChI=1S/C51H36N6/c1-3-13-32(14-4-1)45-52-47(35-19-9-20-39(28-35)51-29-37-27-38(30-51)44(37)51)56-50(55-45)43-23-11-18-34-26-36(24-25-41(34)43)48-53-46(33-15-5-2-6-16-33)54-49(57-48)42-22-10-17-31-12-7-8-21-40(31)42/h1-26,28,37-38,44H,27,29-30H2. The van der Waals surface area contributed by atoms with E-state index in [-0.39, 0.29) is 0 Å². The number of nitrogens with zero attached hydrogens (tertiary/aromatic N) is 6. The van der Waals surface area contributed by atoms with Crippen LogP contribution in [0.2, 0.25) is 0 Å². The second kappa shape index (κ2) is 12.6. The number of fused-ring (bicyclic) bond motifs is 2. The Morgan fingerprint density at radius 1 is 0.368 bits per heavy atom. The van der Waals surface area contributed by atoms with Gasteiger partial charge in [0.25, 0.3) is 0 Å². The Morgan fingerprint density at radius 2 is 0.842 bits per heavy atom. The van der Waals surface area contributed by atoms with E-state index in [2.05, 4.69) is 115 Å². The highest BCUT2D eigenvalue weighted by Crippen LogP contribution is 2.77. The largest absolute Gasteiger partial charge is 0.208 e. The molecule has 6 nitrogen and oxygen atoms in total. The quantitative estimate of drug-likeness (QED) is 0.162. The van der Waals surface area contributed by atoms with Crippen LogP contribution in [0.4, 0.5) is 0 Å². The first-order chi connectivity index (χ1) is 28.2. The summed E-state index contributed by atoms with van der Waals surface area (Å²) in [5.41, 5.74) is 7.59. The van der Waals surface area contributed by atoms with E-state index < -0.39 is 0 Å². The van der Waals surface area contributed by atoms with Crippen molar-refractivity contribution in [3.63, 3.8) is 0 Å². The van der Waals surface area contributed by atoms with Gasteiger partial charge in [-0.1, -0.05) is 152 Å². The lowest BCUT2D eigenvalue weighted by molar-refractivity contribution is -0.219. The summed E-state index contributed by atoms with van der Waals surface area (Å²) in [6.07, 6.45) is 4.10. The molecule has 57 heavy (non-hydrogen) atoms. The summed E-state index contributed by atoms with van der Waals surface area (Å²) in [4.78, 5) is 30.6. The van der Waals surface area contributed by atoms with E-state index in [0.717, 1.165) is 72.7 Å². The SMILES string of the molecule is c1ccc(-c2nc(-c3ccc4c(-c5nc(-c6ccccc6)nc(-c6cccc(C78CC9CC(C7)C98)c6)n5)cccc4c3)nc(-c3cccc4ccccc34)n2)cc1. The molecule has 12 rings (SSSR count). The van der Waals surface area contributed by atoms with Crippen LogP contribution in [0.1, 0.15) is 24.8 Å². The highest BCUT2D eigenvalue weighted by atomic mass is 15.0. The van der Waals surface area contributed by atoms with E-state index in [0.29, 0.717) is 40.4 Å². The molecule has 0 spiro atoms. The molecule has 3 aliphatic rings.